The maximum Gasteiger partial charge on any atom is 0.324 e. The van der Waals surface area contributed by atoms with E-state index in [0.29, 0.717) is 22.8 Å². The van der Waals surface area contributed by atoms with Crippen LogP contribution >= 0.6 is 0 Å². The van der Waals surface area contributed by atoms with Crippen molar-refractivity contribution in [3.05, 3.63) is 53.2 Å². The van der Waals surface area contributed by atoms with Crippen LogP contribution in [0.3, 0.4) is 0 Å². The molecular formula is C20H18N4O2. The van der Waals surface area contributed by atoms with Crippen molar-refractivity contribution in [3.8, 4) is 12.3 Å². The lowest BCUT2D eigenvalue weighted by molar-refractivity contribution is 0.0672. The van der Waals surface area contributed by atoms with Crippen molar-refractivity contribution in [2.75, 3.05) is 17.2 Å². The van der Waals surface area contributed by atoms with Crippen LogP contribution in [0.25, 0.3) is 0 Å². The van der Waals surface area contributed by atoms with Crippen LogP contribution in [0.5, 0.6) is 0 Å². The number of anilines is 2. The summed E-state index contributed by atoms with van der Waals surface area (Å²) in [5, 5.41) is 5.55. The van der Waals surface area contributed by atoms with Crippen LogP contribution in [0, 0.1) is 12.3 Å². The van der Waals surface area contributed by atoms with E-state index in [4.69, 9.17) is 6.42 Å². The molecule has 0 radical (unpaired) electrons. The first-order chi connectivity index (χ1) is 12.7. The van der Waals surface area contributed by atoms with Gasteiger partial charge in [-0.2, -0.15) is 0 Å². The number of urea groups is 1. The maximum atomic E-state index is 12.6. The number of piperidine rings is 1. The van der Waals surface area contributed by atoms with Crippen molar-refractivity contribution >= 4 is 23.4 Å². The quantitative estimate of drug-likeness (QED) is 0.819. The fraction of sp³-hybridized carbons (Fsp3) is 0.250. The van der Waals surface area contributed by atoms with Crippen LogP contribution in [0.4, 0.5) is 16.3 Å². The average molecular weight is 346 g/mol. The van der Waals surface area contributed by atoms with Gasteiger partial charge in [-0.1, -0.05) is 18.1 Å². The van der Waals surface area contributed by atoms with Crippen molar-refractivity contribution in [3.63, 3.8) is 0 Å². The zero-order valence-electron chi connectivity index (χ0n) is 14.2. The highest BCUT2D eigenvalue weighted by atomic mass is 16.2. The monoisotopic (exact) mass is 346 g/mol. The molecule has 4 rings (SSSR count). The van der Waals surface area contributed by atoms with Crippen LogP contribution in [0.2, 0.25) is 0 Å². The van der Waals surface area contributed by atoms with Crippen LogP contribution < -0.4 is 10.6 Å². The van der Waals surface area contributed by atoms with Crippen molar-refractivity contribution in [1.82, 2.24) is 9.88 Å². The molecule has 3 amide bonds. The fourth-order valence-corrected chi connectivity index (χ4v) is 3.70. The highest BCUT2D eigenvalue weighted by molar-refractivity contribution is 6.04. The SMILES string of the molecule is C#Cc1cccc(NC(=O)Nc2cccc3c2C2CCCCN2C3=O)n1. The van der Waals surface area contributed by atoms with E-state index < -0.39 is 6.03 Å². The molecule has 2 aliphatic rings. The Kier molecular flexibility index (Phi) is 4.05. The number of carbonyl (C=O) groups excluding carboxylic acids is 2. The van der Waals surface area contributed by atoms with Gasteiger partial charge in [0.25, 0.3) is 5.91 Å². The Hall–Kier alpha value is -3.33. The Bertz CT molecular complexity index is 932. The molecule has 2 aliphatic heterocycles. The topological polar surface area (TPSA) is 74.3 Å². The van der Waals surface area contributed by atoms with Crippen LogP contribution in [-0.4, -0.2) is 28.4 Å². The summed E-state index contributed by atoms with van der Waals surface area (Å²) in [5.74, 6) is 2.86. The van der Waals surface area contributed by atoms with Gasteiger partial charge in [-0.05, 0) is 43.5 Å². The lowest BCUT2D eigenvalue weighted by Crippen LogP contribution is -2.32. The second-order valence-electron chi connectivity index (χ2n) is 6.41. The molecule has 1 aromatic heterocycles. The third-order valence-electron chi connectivity index (χ3n) is 4.82. The molecule has 6 heteroatoms. The zero-order valence-corrected chi connectivity index (χ0v) is 14.2. The Morgan fingerprint density at radius 3 is 2.88 bits per heavy atom. The van der Waals surface area contributed by atoms with Gasteiger partial charge in [0.1, 0.15) is 11.5 Å². The Balaban J connectivity index is 1.57. The van der Waals surface area contributed by atoms with E-state index in [0.717, 1.165) is 31.4 Å². The molecule has 1 atom stereocenters. The molecular weight excluding hydrogens is 328 g/mol. The summed E-state index contributed by atoms with van der Waals surface area (Å²) in [5.41, 5.74) is 2.71. The van der Waals surface area contributed by atoms with Gasteiger partial charge in [-0.25, -0.2) is 9.78 Å². The van der Waals surface area contributed by atoms with Crippen molar-refractivity contribution < 1.29 is 9.59 Å². The zero-order chi connectivity index (χ0) is 18.1. The molecule has 0 spiro atoms. The molecule has 1 unspecified atom stereocenters. The number of rotatable bonds is 2. The molecule has 0 aliphatic carbocycles. The average Bonchev–Trinajstić information content (AvgIpc) is 2.96. The van der Waals surface area contributed by atoms with Gasteiger partial charge in [-0.15, -0.1) is 6.42 Å². The largest absolute Gasteiger partial charge is 0.331 e. The predicted octanol–water partition coefficient (Wildman–Crippen LogP) is 3.39. The molecule has 6 nitrogen and oxygen atoms in total. The first-order valence-corrected chi connectivity index (χ1v) is 8.63. The Morgan fingerprint density at radius 1 is 1.19 bits per heavy atom. The number of pyridine rings is 1. The van der Waals surface area contributed by atoms with Crippen LogP contribution in [-0.2, 0) is 0 Å². The summed E-state index contributed by atoms with van der Waals surface area (Å²) >= 11 is 0. The Labute approximate surface area is 151 Å². The molecule has 2 N–H and O–H groups in total. The minimum atomic E-state index is -0.415. The third-order valence-corrected chi connectivity index (χ3v) is 4.82. The predicted molar refractivity (Wildman–Crippen MR) is 98.9 cm³/mol. The van der Waals surface area contributed by atoms with Crippen LogP contribution in [0.1, 0.15) is 46.9 Å². The van der Waals surface area contributed by atoms with Crippen molar-refractivity contribution in [2.45, 2.75) is 25.3 Å². The van der Waals surface area contributed by atoms with Gasteiger partial charge >= 0.3 is 6.03 Å². The van der Waals surface area contributed by atoms with Gasteiger partial charge in [0, 0.05) is 23.4 Å². The molecule has 3 heterocycles. The molecule has 1 aromatic carbocycles. The number of terminal acetylenes is 1. The maximum absolute atomic E-state index is 12.6. The lowest BCUT2D eigenvalue weighted by atomic mass is 9.96. The second kappa shape index (κ2) is 6.52. The molecule has 1 saturated heterocycles. The summed E-state index contributed by atoms with van der Waals surface area (Å²) in [6.45, 7) is 0.770. The highest BCUT2D eigenvalue weighted by Crippen LogP contribution is 2.43. The van der Waals surface area contributed by atoms with Gasteiger partial charge in [0.05, 0.1) is 6.04 Å². The van der Waals surface area contributed by atoms with Gasteiger partial charge in [-0.3, -0.25) is 10.1 Å². The summed E-state index contributed by atoms with van der Waals surface area (Å²) in [7, 11) is 0. The van der Waals surface area contributed by atoms with Gasteiger partial charge in [0.15, 0.2) is 0 Å². The van der Waals surface area contributed by atoms with E-state index in [1.54, 1.807) is 24.3 Å². The number of benzene rings is 1. The first-order valence-electron chi connectivity index (χ1n) is 8.63. The van der Waals surface area contributed by atoms with E-state index in [-0.39, 0.29) is 11.9 Å². The fourth-order valence-electron chi connectivity index (χ4n) is 3.70. The van der Waals surface area contributed by atoms with Crippen LogP contribution in [0.15, 0.2) is 36.4 Å². The van der Waals surface area contributed by atoms with E-state index in [9.17, 15) is 9.59 Å². The number of nitrogens with one attached hydrogen (secondary N) is 2. The van der Waals surface area contributed by atoms with Gasteiger partial charge < -0.3 is 10.2 Å². The third kappa shape index (κ3) is 2.78. The number of hydrogen-bond acceptors (Lipinski definition) is 3. The molecule has 1 fully saturated rings. The lowest BCUT2D eigenvalue weighted by Gasteiger charge is -2.30. The number of fused-ring (bicyclic) bond motifs is 3. The molecule has 26 heavy (non-hydrogen) atoms. The summed E-state index contributed by atoms with van der Waals surface area (Å²) in [6, 6.07) is 10.2. The number of carbonyl (C=O) groups is 2. The number of aromatic nitrogens is 1. The smallest absolute Gasteiger partial charge is 0.324 e. The summed E-state index contributed by atoms with van der Waals surface area (Å²) < 4.78 is 0. The molecule has 0 saturated carbocycles. The minimum Gasteiger partial charge on any atom is -0.331 e. The van der Waals surface area contributed by atoms with Crippen molar-refractivity contribution in [1.29, 1.82) is 0 Å². The minimum absolute atomic E-state index is 0.0469. The summed E-state index contributed by atoms with van der Waals surface area (Å²) in [4.78, 5) is 31.1. The van der Waals surface area contributed by atoms with Gasteiger partial charge in [0.2, 0.25) is 0 Å². The highest BCUT2D eigenvalue weighted by Gasteiger charge is 2.39. The number of amides is 3. The molecule has 130 valence electrons. The number of hydrogen-bond donors (Lipinski definition) is 2. The molecule has 0 bridgehead atoms. The van der Waals surface area contributed by atoms with E-state index in [1.165, 1.54) is 0 Å². The van der Waals surface area contributed by atoms with Crippen molar-refractivity contribution in [2.24, 2.45) is 0 Å². The van der Waals surface area contributed by atoms with E-state index in [2.05, 4.69) is 21.5 Å². The Morgan fingerprint density at radius 2 is 2.04 bits per heavy atom. The second-order valence-corrected chi connectivity index (χ2v) is 6.41. The van der Waals surface area contributed by atoms with E-state index >= 15 is 0 Å². The normalized spacial score (nSPS) is 17.9. The first kappa shape index (κ1) is 16.2. The number of nitrogens with zero attached hydrogens (tertiary/aromatic N) is 2. The molecule has 2 aromatic rings. The van der Waals surface area contributed by atoms with E-state index in [1.807, 2.05) is 17.0 Å². The standard InChI is InChI=1S/C20H18N4O2/c1-2-13-7-5-11-17(21-13)23-20(26)22-15-9-6-8-14-18(15)16-10-3-4-12-24(16)19(14)25/h1,5-9,11,16H,3-4,10,12H2,(H2,21,22,23,26). The summed E-state index contributed by atoms with van der Waals surface area (Å²) in [6.07, 6.45) is 8.36.